The quantitative estimate of drug-likeness (QED) is 0.367. The van der Waals surface area contributed by atoms with Crippen molar-refractivity contribution in [3.8, 4) is 0 Å². The van der Waals surface area contributed by atoms with Gasteiger partial charge in [-0.1, -0.05) is 11.6 Å². The Morgan fingerprint density at radius 1 is 1.16 bits per heavy atom. The summed E-state index contributed by atoms with van der Waals surface area (Å²) in [6.45, 7) is 0. The molecule has 0 spiro atoms. The average molecular weight is 380 g/mol. The summed E-state index contributed by atoms with van der Waals surface area (Å²) in [6, 6.07) is 10.9. The Hall–Kier alpha value is -2.91. The highest BCUT2D eigenvalue weighted by Crippen LogP contribution is 2.24. The van der Waals surface area contributed by atoms with Crippen molar-refractivity contribution in [3.63, 3.8) is 0 Å². The number of halogens is 1. The number of nitrogens with one attached hydrogen (secondary N) is 4. The van der Waals surface area contributed by atoms with Crippen molar-refractivity contribution in [2.75, 3.05) is 17.7 Å². The molecule has 1 amide bonds. The predicted octanol–water partition coefficient (Wildman–Crippen LogP) is 2.92. The molecule has 4 N–H and O–H groups in total. The maximum absolute atomic E-state index is 12.1. The smallest absolute Gasteiger partial charge is 0.293 e. The van der Waals surface area contributed by atoms with E-state index in [1.807, 2.05) is 0 Å². The van der Waals surface area contributed by atoms with E-state index >= 15 is 0 Å². The van der Waals surface area contributed by atoms with Gasteiger partial charge in [0.2, 0.25) is 0 Å². The van der Waals surface area contributed by atoms with Crippen molar-refractivity contribution in [1.29, 1.82) is 0 Å². The van der Waals surface area contributed by atoms with Crippen LogP contribution in [-0.2, 0) is 0 Å². The van der Waals surface area contributed by atoms with Gasteiger partial charge < -0.3 is 10.6 Å². The summed E-state index contributed by atoms with van der Waals surface area (Å²) in [4.78, 5) is 22.6. The highest BCUT2D eigenvalue weighted by Gasteiger charge is 2.16. The van der Waals surface area contributed by atoms with E-state index in [0.29, 0.717) is 16.4 Å². The molecule has 0 fully saturated rings. The van der Waals surface area contributed by atoms with Gasteiger partial charge in [0.1, 0.15) is 5.69 Å². The predicted molar refractivity (Wildman–Crippen MR) is 101 cm³/mol. The number of benzene rings is 2. The van der Waals surface area contributed by atoms with Crippen molar-refractivity contribution in [1.82, 2.24) is 10.9 Å². The zero-order chi connectivity index (χ0) is 18.4. The number of rotatable bonds is 4. The number of nitro groups is 1. The summed E-state index contributed by atoms with van der Waals surface area (Å²) in [7, 11) is 1.56. The van der Waals surface area contributed by atoms with Gasteiger partial charge in [-0.15, -0.1) is 0 Å². The summed E-state index contributed by atoms with van der Waals surface area (Å²) in [5.74, 6) is -0.564. The lowest BCUT2D eigenvalue weighted by Gasteiger charge is -2.12. The Kier molecular flexibility index (Phi) is 6.09. The van der Waals surface area contributed by atoms with Crippen molar-refractivity contribution >= 4 is 51.9 Å². The normalized spacial score (nSPS) is 9.84. The zero-order valence-electron chi connectivity index (χ0n) is 13.0. The van der Waals surface area contributed by atoms with E-state index in [-0.39, 0.29) is 16.4 Å². The summed E-state index contributed by atoms with van der Waals surface area (Å²) < 4.78 is 0. The fraction of sp³-hybridized carbons (Fsp3) is 0.0667. The number of hydrogen-bond donors (Lipinski definition) is 4. The molecule has 25 heavy (non-hydrogen) atoms. The van der Waals surface area contributed by atoms with Gasteiger partial charge in [0.25, 0.3) is 11.6 Å². The Balaban J connectivity index is 1.97. The lowest BCUT2D eigenvalue weighted by atomic mass is 10.1. The van der Waals surface area contributed by atoms with Gasteiger partial charge in [-0.3, -0.25) is 25.8 Å². The number of carbonyl (C=O) groups excluding carboxylic acids is 1. The number of amides is 1. The first-order chi connectivity index (χ1) is 11.9. The van der Waals surface area contributed by atoms with Gasteiger partial charge >= 0.3 is 0 Å². The molecule has 0 saturated carbocycles. The number of nitro benzene ring substituents is 1. The molecule has 130 valence electrons. The molecule has 0 aliphatic rings. The van der Waals surface area contributed by atoms with Crippen LogP contribution < -0.4 is 21.5 Å². The Morgan fingerprint density at radius 2 is 1.84 bits per heavy atom. The molecule has 0 radical (unpaired) electrons. The summed E-state index contributed by atoms with van der Waals surface area (Å²) in [5.41, 5.74) is 5.82. The van der Waals surface area contributed by atoms with E-state index in [2.05, 4.69) is 21.5 Å². The lowest BCUT2D eigenvalue weighted by molar-refractivity contribution is -0.384. The third kappa shape index (κ3) is 5.03. The van der Waals surface area contributed by atoms with E-state index in [9.17, 15) is 14.9 Å². The largest absolute Gasteiger partial charge is 0.383 e. The molecule has 0 heterocycles. The van der Waals surface area contributed by atoms with Crippen molar-refractivity contribution in [2.24, 2.45) is 0 Å². The fourth-order valence-electron chi connectivity index (χ4n) is 1.92. The fourth-order valence-corrected chi connectivity index (χ4v) is 2.21. The first kappa shape index (κ1) is 18.4. The maximum atomic E-state index is 12.1. The average Bonchev–Trinajstić information content (AvgIpc) is 2.61. The Labute approximate surface area is 153 Å². The van der Waals surface area contributed by atoms with Crippen molar-refractivity contribution in [2.45, 2.75) is 0 Å². The van der Waals surface area contributed by atoms with Crippen molar-refractivity contribution < 1.29 is 9.72 Å². The number of thiocarbonyl (C=S) groups is 1. The molecule has 2 aromatic rings. The van der Waals surface area contributed by atoms with Gasteiger partial charge in [0.05, 0.1) is 4.92 Å². The molecule has 0 bridgehead atoms. The van der Waals surface area contributed by atoms with Crippen molar-refractivity contribution in [3.05, 3.63) is 63.2 Å². The molecule has 0 aromatic heterocycles. The van der Waals surface area contributed by atoms with E-state index < -0.39 is 10.8 Å². The zero-order valence-corrected chi connectivity index (χ0v) is 14.6. The second-order valence-corrected chi connectivity index (χ2v) is 5.62. The van der Waals surface area contributed by atoms with E-state index in [0.717, 1.165) is 0 Å². The number of carbonyl (C=O) groups is 1. The topological polar surface area (TPSA) is 108 Å². The minimum Gasteiger partial charge on any atom is -0.383 e. The molecule has 0 saturated heterocycles. The molecular weight excluding hydrogens is 366 g/mol. The summed E-state index contributed by atoms with van der Waals surface area (Å²) in [5, 5.41) is 17.3. The molecule has 2 rings (SSSR count). The van der Waals surface area contributed by atoms with Crippen LogP contribution in [-0.4, -0.2) is 23.0 Å². The molecule has 10 heteroatoms. The molecular formula is C15H14ClN5O3S. The maximum Gasteiger partial charge on any atom is 0.293 e. The molecule has 0 unspecified atom stereocenters. The van der Waals surface area contributed by atoms with Gasteiger partial charge in [-0.2, -0.15) is 0 Å². The van der Waals surface area contributed by atoms with Crippen LogP contribution >= 0.6 is 23.8 Å². The summed E-state index contributed by atoms with van der Waals surface area (Å²) >= 11 is 10.8. The van der Waals surface area contributed by atoms with Crippen LogP contribution in [0.3, 0.4) is 0 Å². The molecule has 0 atom stereocenters. The SMILES string of the molecule is CNc1ccc(C(=O)NNC(=S)Nc2ccc(Cl)cc2)cc1[N+](=O)[O-]. The standard InChI is InChI=1S/C15H14ClN5O3S/c1-17-12-7-2-9(8-13(12)21(23)24)14(22)19-20-15(25)18-11-5-3-10(16)4-6-11/h2-8,17H,1H3,(H,19,22)(H2,18,20,25). The lowest BCUT2D eigenvalue weighted by Crippen LogP contribution is -2.43. The van der Waals surface area contributed by atoms with E-state index in [4.69, 9.17) is 23.8 Å². The number of anilines is 2. The highest BCUT2D eigenvalue weighted by molar-refractivity contribution is 7.80. The molecule has 2 aromatic carbocycles. The van der Waals surface area contributed by atoms with E-state index in [1.165, 1.54) is 18.2 Å². The third-order valence-corrected chi connectivity index (χ3v) is 3.57. The van der Waals surface area contributed by atoms with Gasteiger partial charge in [-0.25, -0.2) is 0 Å². The van der Waals surface area contributed by atoms with Crippen LogP contribution in [0.1, 0.15) is 10.4 Å². The first-order valence-corrected chi connectivity index (χ1v) is 7.78. The molecule has 8 nitrogen and oxygen atoms in total. The number of hydrogen-bond acceptors (Lipinski definition) is 5. The van der Waals surface area contributed by atoms with Crippen LogP contribution in [0, 0.1) is 10.1 Å². The second kappa shape index (κ2) is 8.27. The summed E-state index contributed by atoms with van der Waals surface area (Å²) in [6.07, 6.45) is 0. The van der Waals surface area contributed by atoms with Gasteiger partial charge in [0.15, 0.2) is 5.11 Å². The van der Waals surface area contributed by atoms with Crippen LogP contribution in [0.5, 0.6) is 0 Å². The third-order valence-electron chi connectivity index (χ3n) is 3.12. The highest BCUT2D eigenvalue weighted by atomic mass is 35.5. The van der Waals surface area contributed by atoms with Gasteiger partial charge in [-0.05, 0) is 48.6 Å². The van der Waals surface area contributed by atoms with E-state index in [1.54, 1.807) is 31.3 Å². The number of nitrogens with zero attached hydrogens (tertiary/aromatic N) is 1. The Bertz CT molecular complexity index is 813. The molecule has 0 aliphatic carbocycles. The van der Waals surface area contributed by atoms with Gasteiger partial charge in [0, 0.05) is 29.4 Å². The van der Waals surface area contributed by atoms with Crippen LogP contribution in [0.25, 0.3) is 0 Å². The van der Waals surface area contributed by atoms with Crippen LogP contribution in [0.15, 0.2) is 42.5 Å². The monoisotopic (exact) mass is 379 g/mol. The van der Waals surface area contributed by atoms with Crippen LogP contribution in [0.4, 0.5) is 17.1 Å². The second-order valence-electron chi connectivity index (χ2n) is 4.78. The number of hydrazine groups is 1. The van der Waals surface area contributed by atoms with Crippen LogP contribution in [0.2, 0.25) is 5.02 Å². The first-order valence-electron chi connectivity index (χ1n) is 7.00. The Morgan fingerprint density at radius 3 is 2.44 bits per heavy atom. The minimum absolute atomic E-state index is 0.118. The molecule has 0 aliphatic heterocycles. The minimum atomic E-state index is -0.567.